The number of anilines is 1. The second kappa shape index (κ2) is 7.93. The first-order valence-electron chi connectivity index (χ1n) is 7.57. The summed E-state index contributed by atoms with van der Waals surface area (Å²) in [5.41, 5.74) is 1.04. The molecule has 0 radical (unpaired) electrons. The molecule has 6 nitrogen and oxygen atoms in total. The van der Waals surface area contributed by atoms with Crippen molar-refractivity contribution in [3.8, 4) is 0 Å². The molecule has 6 heteroatoms. The average molecular weight is 293 g/mol. The highest BCUT2D eigenvalue weighted by molar-refractivity contribution is 5.90. The van der Waals surface area contributed by atoms with Gasteiger partial charge in [0.25, 0.3) is 0 Å². The number of esters is 1. The van der Waals surface area contributed by atoms with Crippen molar-refractivity contribution in [2.75, 3.05) is 25.1 Å². The van der Waals surface area contributed by atoms with Gasteiger partial charge >= 0.3 is 5.97 Å². The minimum absolute atomic E-state index is 0.339. The van der Waals surface area contributed by atoms with Gasteiger partial charge in [-0.2, -0.15) is 0 Å². The third-order valence-electron chi connectivity index (χ3n) is 3.50. The number of nitrogens with one attached hydrogen (secondary N) is 1. The summed E-state index contributed by atoms with van der Waals surface area (Å²) in [7, 11) is 0. The van der Waals surface area contributed by atoms with E-state index < -0.39 is 0 Å². The molecule has 1 unspecified atom stereocenters. The van der Waals surface area contributed by atoms with E-state index in [0.29, 0.717) is 29.9 Å². The van der Waals surface area contributed by atoms with Crippen LogP contribution in [-0.2, 0) is 9.47 Å². The Balaban J connectivity index is 1.83. The largest absolute Gasteiger partial charge is 0.462 e. The van der Waals surface area contributed by atoms with E-state index >= 15 is 0 Å². The van der Waals surface area contributed by atoms with Gasteiger partial charge in [0.05, 0.1) is 24.0 Å². The summed E-state index contributed by atoms with van der Waals surface area (Å²) in [6.45, 7) is 5.54. The van der Waals surface area contributed by atoms with Crippen LogP contribution in [0.5, 0.6) is 0 Å². The van der Waals surface area contributed by atoms with Gasteiger partial charge in [0.2, 0.25) is 5.95 Å². The first-order chi connectivity index (χ1) is 10.2. The molecule has 1 aliphatic rings. The second-order valence-corrected chi connectivity index (χ2v) is 5.12. The topological polar surface area (TPSA) is 73.3 Å². The Labute approximate surface area is 125 Å². The van der Waals surface area contributed by atoms with Crippen molar-refractivity contribution in [1.29, 1.82) is 0 Å². The minimum atomic E-state index is -0.378. The van der Waals surface area contributed by atoms with Gasteiger partial charge in [-0.3, -0.25) is 0 Å². The molecule has 1 aromatic rings. The van der Waals surface area contributed by atoms with E-state index in [4.69, 9.17) is 9.47 Å². The molecular weight excluding hydrogens is 270 g/mol. The summed E-state index contributed by atoms with van der Waals surface area (Å²) in [5.74, 6) is 0.161. The Morgan fingerprint density at radius 2 is 2.38 bits per heavy atom. The zero-order valence-corrected chi connectivity index (χ0v) is 12.7. The standard InChI is InChI=1S/C15H23N3O3/c1-3-20-14(19)13-10-17-15(18-11(13)2)16-8-7-12-6-4-5-9-21-12/h10,12H,3-9H2,1-2H3,(H,16,17,18). The second-order valence-electron chi connectivity index (χ2n) is 5.12. The van der Waals surface area contributed by atoms with Crippen LogP contribution >= 0.6 is 0 Å². The first-order valence-corrected chi connectivity index (χ1v) is 7.57. The van der Waals surface area contributed by atoms with E-state index in [1.807, 2.05) is 0 Å². The molecule has 0 amide bonds. The highest BCUT2D eigenvalue weighted by Gasteiger charge is 2.14. The minimum Gasteiger partial charge on any atom is -0.462 e. The van der Waals surface area contributed by atoms with E-state index in [1.54, 1.807) is 13.8 Å². The highest BCUT2D eigenvalue weighted by atomic mass is 16.5. The lowest BCUT2D eigenvalue weighted by Gasteiger charge is -2.22. The normalized spacial score (nSPS) is 18.3. The number of rotatable bonds is 6. The zero-order chi connectivity index (χ0) is 15.1. The fourth-order valence-corrected chi connectivity index (χ4v) is 2.34. The number of hydrogen-bond acceptors (Lipinski definition) is 6. The molecular formula is C15H23N3O3. The smallest absolute Gasteiger partial charge is 0.341 e. The van der Waals surface area contributed by atoms with Crippen molar-refractivity contribution in [3.63, 3.8) is 0 Å². The summed E-state index contributed by atoms with van der Waals surface area (Å²) in [5, 5.41) is 3.18. The van der Waals surface area contributed by atoms with Crippen LogP contribution in [0.3, 0.4) is 0 Å². The molecule has 1 saturated heterocycles. The van der Waals surface area contributed by atoms with E-state index in [9.17, 15) is 4.79 Å². The molecule has 1 aliphatic heterocycles. The van der Waals surface area contributed by atoms with Crippen LogP contribution in [0, 0.1) is 6.92 Å². The molecule has 1 atom stereocenters. The van der Waals surface area contributed by atoms with Crippen LogP contribution in [0.15, 0.2) is 6.20 Å². The predicted octanol–water partition coefficient (Wildman–Crippen LogP) is 2.33. The van der Waals surface area contributed by atoms with Crippen molar-refractivity contribution < 1.29 is 14.3 Å². The molecule has 0 aliphatic carbocycles. The number of aromatic nitrogens is 2. The fourth-order valence-electron chi connectivity index (χ4n) is 2.34. The van der Waals surface area contributed by atoms with Gasteiger partial charge in [0, 0.05) is 19.3 Å². The molecule has 1 N–H and O–H groups in total. The number of nitrogens with zero attached hydrogens (tertiary/aromatic N) is 2. The Hall–Kier alpha value is -1.69. The quantitative estimate of drug-likeness (QED) is 0.812. The number of aryl methyl sites for hydroxylation is 1. The van der Waals surface area contributed by atoms with Gasteiger partial charge in [-0.25, -0.2) is 14.8 Å². The van der Waals surface area contributed by atoms with Crippen molar-refractivity contribution in [3.05, 3.63) is 17.5 Å². The third kappa shape index (κ3) is 4.67. The summed E-state index contributed by atoms with van der Waals surface area (Å²) < 4.78 is 10.6. The molecule has 21 heavy (non-hydrogen) atoms. The summed E-state index contributed by atoms with van der Waals surface area (Å²) in [6.07, 6.45) is 6.34. The van der Waals surface area contributed by atoms with Crippen LogP contribution in [0.4, 0.5) is 5.95 Å². The Morgan fingerprint density at radius 3 is 3.05 bits per heavy atom. The van der Waals surface area contributed by atoms with Crippen LogP contribution in [0.2, 0.25) is 0 Å². The molecule has 1 fully saturated rings. The molecule has 2 heterocycles. The van der Waals surface area contributed by atoms with Crippen molar-refractivity contribution in [2.45, 2.75) is 45.6 Å². The van der Waals surface area contributed by atoms with Crippen LogP contribution in [0.1, 0.15) is 48.7 Å². The van der Waals surface area contributed by atoms with Crippen LogP contribution in [-0.4, -0.2) is 41.8 Å². The maximum Gasteiger partial charge on any atom is 0.341 e. The zero-order valence-electron chi connectivity index (χ0n) is 12.7. The highest BCUT2D eigenvalue weighted by Crippen LogP contribution is 2.15. The number of hydrogen-bond donors (Lipinski definition) is 1. The Kier molecular flexibility index (Phi) is 5.92. The lowest BCUT2D eigenvalue weighted by Crippen LogP contribution is -2.22. The number of ether oxygens (including phenoxy) is 2. The predicted molar refractivity (Wildman–Crippen MR) is 79.4 cm³/mol. The van der Waals surface area contributed by atoms with Crippen LogP contribution in [0.25, 0.3) is 0 Å². The van der Waals surface area contributed by atoms with Gasteiger partial charge in [0.15, 0.2) is 0 Å². The molecule has 2 rings (SSSR count). The molecule has 1 aromatic heterocycles. The third-order valence-corrected chi connectivity index (χ3v) is 3.50. The Bertz CT molecular complexity index is 473. The Morgan fingerprint density at radius 1 is 1.52 bits per heavy atom. The van der Waals surface area contributed by atoms with Gasteiger partial charge < -0.3 is 14.8 Å². The van der Waals surface area contributed by atoms with E-state index in [0.717, 1.165) is 26.0 Å². The fraction of sp³-hybridized carbons (Fsp3) is 0.667. The van der Waals surface area contributed by atoms with Gasteiger partial charge in [-0.1, -0.05) is 0 Å². The monoisotopic (exact) mass is 293 g/mol. The maximum absolute atomic E-state index is 11.7. The van der Waals surface area contributed by atoms with Crippen molar-refractivity contribution in [2.24, 2.45) is 0 Å². The molecule has 0 spiro atoms. The van der Waals surface area contributed by atoms with Gasteiger partial charge in [-0.05, 0) is 39.5 Å². The lowest BCUT2D eigenvalue weighted by atomic mass is 10.1. The van der Waals surface area contributed by atoms with E-state index in [2.05, 4.69) is 15.3 Å². The summed E-state index contributed by atoms with van der Waals surface area (Å²) in [4.78, 5) is 20.1. The van der Waals surface area contributed by atoms with E-state index in [-0.39, 0.29) is 5.97 Å². The number of carbonyl (C=O) groups is 1. The molecule has 0 bridgehead atoms. The van der Waals surface area contributed by atoms with Crippen LogP contribution < -0.4 is 5.32 Å². The van der Waals surface area contributed by atoms with Crippen molar-refractivity contribution in [1.82, 2.24) is 9.97 Å². The molecule has 0 saturated carbocycles. The first kappa shape index (κ1) is 15.7. The summed E-state index contributed by atoms with van der Waals surface area (Å²) in [6, 6.07) is 0. The van der Waals surface area contributed by atoms with Crippen molar-refractivity contribution >= 4 is 11.9 Å². The maximum atomic E-state index is 11.7. The molecule has 116 valence electrons. The summed E-state index contributed by atoms with van der Waals surface area (Å²) >= 11 is 0. The average Bonchev–Trinajstić information content (AvgIpc) is 2.48. The SMILES string of the molecule is CCOC(=O)c1cnc(NCCC2CCCCO2)nc1C. The molecule has 0 aromatic carbocycles. The number of carbonyl (C=O) groups excluding carboxylic acids is 1. The van der Waals surface area contributed by atoms with E-state index in [1.165, 1.54) is 19.0 Å². The lowest BCUT2D eigenvalue weighted by molar-refractivity contribution is 0.0134. The van der Waals surface area contributed by atoms with Gasteiger partial charge in [0.1, 0.15) is 0 Å². The van der Waals surface area contributed by atoms with Gasteiger partial charge in [-0.15, -0.1) is 0 Å².